The van der Waals surface area contributed by atoms with Crippen LogP contribution in [-0.2, 0) is 13.6 Å². The van der Waals surface area contributed by atoms with Gasteiger partial charge in [-0.15, -0.1) is 0 Å². The van der Waals surface area contributed by atoms with Gasteiger partial charge in [0.1, 0.15) is 0 Å². The largest absolute Gasteiger partial charge is 0.354 e. The van der Waals surface area contributed by atoms with Crippen molar-refractivity contribution < 1.29 is 0 Å². The minimum atomic E-state index is 0.634. The molecule has 0 unspecified atom stereocenters. The first-order chi connectivity index (χ1) is 7.69. The molecule has 1 aliphatic rings. The van der Waals surface area contributed by atoms with Crippen LogP contribution in [0.3, 0.4) is 0 Å². The summed E-state index contributed by atoms with van der Waals surface area (Å²) in [6.07, 6.45) is 6.45. The van der Waals surface area contributed by atoms with Gasteiger partial charge in [-0.05, 0) is 12.8 Å². The van der Waals surface area contributed by atoms with Crippen LogP contribution in [0, 0.1) is 0 Å². The molecule has 1 fully saturated rings. The number of rotatable bonds is 3. The van der Waals surface area contributed by atoms with Gasteiger partial charge in [0.25, 0.3) is 0 Å². The number of nitrogens with one attached hydrogen (secondary N) is 1. The molecule has 1 saturated carbocycles. The smallest absolute Gasteiger partial charge is 0.193 e. The van der Waals surface area contributed by atoms with Crippen molar-refractivity contribution in [2.75, 3.05) is 14.1 Å². The minimum Gasteiger partial charge on any atom is -0.354 e. The van der Waals surface area contributed by atoms with Crippen molar-refractivity contribution in [2.45, 2.75) is 25.4 Å². The molecule has 16 heavy (non-hydrogen) atoms. The molecular formula is C11H19N5. The molecule has 5 nitrogen and oxygen atoms in total. The lowest BCUT2D eigenvalue weighted by Crippen LogP contribution is -2.39. The van der Waals surface area contributed by atoms with E-state index in [0.29, 0.717) is 6.04 Å². The van der Waals surface area contributed by atoms with E-state index >= 15 is 0 Å². The van der Waals surface area contributed by atoms with Gasteiger partial charge >= 0.3 is 0 Å². The molecule has 0 atom stereocenters. The third-order valence-corrected chi connectivity index (χ3v) is 2.66. The van der Waals surface area contributed by atoms with Gasteiger partial charge in [-0.25, -0.2) is 0 Å². The van der Waals surface area contributed by atoms with Crippen LogP contribution in [0.2, 0.25) is 0 Å². The van der Waals surface area contributed by atoms with E-state index in [1.54, 1.807) is 0 Å². The van der Waals surface area contributed by atoms with E-state index in [9.17, 15) is 0 Å². The van der Waals surface area contributed by atoms with Gasteiger partial charge in [0, 0.05) is 45.5 Å². The molecule has 88 valence electrons. The van der Waals surface area contributed by atoms with Crippen LogP contribution in [0.5, 0.6) is 0 Å². The van der Waals surface area contributed by atoms with Crippen LogP contribution in [0.25, 0.3) is 0 Å². The van der Waals surface area contributed by atoms with Crippen LogP contribution in [0.1, 0.15) is 18.4 Å². The number of aryl methyl sites for hydroxylation is 1. The molecule has 0 spiro atoms. The van der Waals surface area contributed by atoms with E-state index in [4.69, 9.17) is 0 Å². The molecule has 1 aliphatic carbocycles. The highest BCUT2D eigenvalue weighted by Gasteiger charge is 2.23. The maximum Gasteiger partial charge on any atom is 0.193 e. The van der Waals surface area contributed by atoms with Gasteiger partial charge < -0.3 is 10.2 Å². The Bertz CT molecular complexity index is 377. The molecule has 1 heterocycles. The number of guanidine groups is 1. The third kappa shape index (κ3) is 2.74. The molecule has 0 aromatic carbocycles. The minimum absolute atomic E-state index is 0.634. The normalized spacial score (nSPS) is 16.3. The Hall–Kier alpha value is -1.52. The second-order valence-corrected chi connectivity index (χ2v) is 4.34. The van der Waals surface area contributed by atoms with Crippen molar-refractivity contribution in [3.8, 4) is 0 Å². The second kappa shape index (κ2) is 4.55. The van der Waals surface area contributed by atoms with E-state index < -0.39 is 0 Å². The van der Waals surface area contributed by atoms with Crippen LogP contribution in [-0.4, -0.2) is 40.8 Å². The molecular weight excluding hydrogens is 202 g/mol. The van der Waals surface area contributed by atoms with Crippen molar-refractivity contribution in [2.24, 2.45) is 12.0 Å². The van der Waals surface area contributed by atoms with E-state index in [0.717, 1.165) is 12.5 Å². The Morgan fingerprint density at radius 3 is 2.94 bits per heavy atom. The topological polar surface area (TPSA) is 45.5 Å². The number of aromatic nitrogens is 2. The lowest BCUT2D eigenvalue weighted by molar-refractivity contribution is 0.476. The summed E-state index contributed by atoms with van der Waals surface area (Å²) in [7, 11) is 5.80. The average molecular weight is 221 g/mol. The standard InChI is InChI=1S/C11H19N5/c1-12-11(14-10-4-5-10)15(2)7-9-6-13-16(3)8-9/h6,8,10H,4-5,7H2,1-3H3,(H,12,14). The fourth-order valence-corrected chi connectivity index (χ4v) is 1.66. The van der Waals surface area contributed by atoms with Gasteiger partial charge in [-0.1, -0.05) is 0 Å². The zero-order chi connectivity index (χ0) is 11.5. The molecule has 2 rings (SSSR count). The number of hydrogen-bond acceptors (Lipinski definition) is 2. The quantitative estimate of drug-likeness (QED) is 0.600. The first-order valence-corrected chi connectivity index (χ1v) is 5.61. The van der Waals surface area contributed by atoms with Crippen LogP contribution in [0.15, 0.2) is 17.4 Å². The first-order valence-electron chi connectivity index (χ1n) is 5.61. The molecule has 1 aromatic heterocycles. The Kier molecular flexibility index (Phi) is 3.12. The van der Waals surface area contributed by atoms with Gasteiger partial charge in [0.2, 0.25) is 0 Å². The average Bonchev–Trinajstić information content (AvgIpc) is 2.98. The monoisotopic (exact) mass is 221 g/mol. The van der Waals surface area contributed by atoms with E-state index in [1.165, 1.54) is 18.4 Å². The molecule has 0 saturated heterocycles. The maximum absolute atomic E-state index is 4.28. The molecule has 0 aliphatic heterocycles. The highest BCUT2D eigenvalue weighted by molar-refractivity contribution is 5.80. The molecule has 0 amide bonds. The lowest BCUT2D eigenvalue weighted by atomic mass is 10.3. The summed E-state index contributed by atoms with van der Waals surface area (Å²) in [5, 5.41) is 7.57. The van der Waals surface area contributed by atoms with Crippen LogP contribution >= 0.6 is 0 Å². The summed E-state index contributed by atoms with van der Waals surface area (Å²) in [4.78, 5) is 6.40. The highest BCUT2D eigenvalue weighted by Crippen LogP contribution is 2.19. The van der Waals surface area contributed by atoms with Crippen LogP contribution in [0.4, 0.5) is 0 Å². The Balaban J connectivity index is 1.92. The molecule has 0 radical (unpaired) electrons. The van der Waals surface area contributed by atoms with Gasteiger partial charge in [-0.2, -0.15) is 5.10 Å². The van der Waals surface area contributed by atoms with E-state index in [-0.39, 0.29) is 0 Å². The maximum atomic E-state index is 4.28. The van der Waals surface area contributed by atoms with Gasteiger partial charge in [0.05, 0.1) is 6.20 Å². The first kappa shape index (κ1) is 11.0. The summed E-state index contributed by atoms with van der Waals surface area (Å²) >= 11 is 0. The van der Waals surface area contributed by atoms with E-state index in [1.807, 2.05) is 38.2 Å². The number of hydrogen-bond donors (Lipinski definition) is 1. The van der Waals surface area contributed by atoms with Gasteiger partial charge in [-0.3, -0.25) is 9.67 Å². The van der Waals surface area contributed by atoms with E-state index in [2.05, 4.69) is 20.3 Å². The van der Waals surface area contributed by atoms with Crippen molar-refractivity contribution in [3.05, 3.63) is 18.0 Å². The predicted molar refractivity (Wildman–Crippen MR) is 64.2 cm³/mol. The summed E-state index contributed by atoms with van der Waals surface area (Å²) in [5.74, 6) is 0.964. The summed E-state index contributed by atoms with van der Waals surface area (Å²) < 4.78 is 1.82. The number of aliphatic imine (C=N–C) groups is 1. The van der Waals surface area contributed by atoms with Crippen molar-refractivity contribution in [1.82, 2.24) is 20.0 Å². The zero-order valence-corrected chi connectivity index (χ0v) is 10.1. The fraction of sp³-hybridized carbons (Fsp3) is 0.636. The Morgan fingerprint density at radius 2 is 2.44 bits per heavy atom. The molecule has 5 heteroatoms. The summed E-state index contributed by atoms with van der Waals surface area (Å²) in [6.45, 7) is 0.834. The second-order valence-electron chi connectivity index (χ2n) is 4.34. The van der Waals surface area contributed by atoms with Gasteiger partial charge in [0.15, 0.2) is 5.96 Å². The SMILES string of the molecule is CN=C(NC1CC1)N(C)Cc1cnn(C)c1. The third-order valence-electron chi connectivity index (χ3n) is 2.66. The lowest BCUT2D eigenvalue weighted by Gasteiger charge is -2.21. The van der Waals surface area contributed by atoms with Crippen molar-refractivity contribution in [1.29, 1.82) is 0 Å². The Morgan fingerprint density at radius 1 is 1.69 bits per heavy atom. The van der Waals surface area contributed by atoms with Crippen molar-refractivity contribution >= 4 is 5.96 Å². The molecule has 1 N–H and O–H groups in total. The molecule has 0 bridgehead atoms. The van der Waals surface area contributed by atoms with Crippen LogP contribution < -0.4 is 5.32 Å². The summed E-state index contributed by atoms with van der Waals surface area (Å²) in [5.41, 5.74) is 1.20. The fourth-order valence-electron chi connectivity index (χ4n) is 1.66. The van der Waals surface area contributed by atoms with Crippen molar-refractivity contribution in [3.63, 3.8) is 0 Å². The number of nitrogens with zero attached hydrogens (tertiary/aromatic N) is 4. The summed E-state index contributed by atoms with van der Waals surface area (Å²) in [6, 6.07) is 0.634. The zero-order valence-electron chi connectivity index (χ0n) is 10.1. The predicted octanol–water partition coefficient (Wildman–Crippen LogP) is 0.590. The Labute approximate surface area is 96.2 Å². The molecule has 1 aromatic rings. The highest BCUT2D eigenvalue weighted by atomic mass is 15.3.